The van der Waals surface area contributed by atoms with Crippen LogP contribution in [-0.2, 0) is 0 Å². The topological polar surface area (TPSA) is 119 Å². The Kier molecular flexibility index (Phi) is 20.7. The van der Waals surface area contributed by atoms with Gasteiger partial charge in [0.15, 0.2) is 5.82 Å². The maximum absolute atomic E-state index is 6.96. The lowest BCUT2D eigenvalue weighted by Crippen LogP contribution is -2.03. The van der Waals surface area contributed by atoms with E-state index < -0.39 is 0 Å². The molecule has 11 nitrogen and oxygen atoms in total. The standard InChI is InChI=1S/C43H28N2O.2C42H27N3O/c1-5-15-29(16-6-1)33-27-36(30-17-7-2-8-18-30)44-39(28-33)45-37-24-14-13-23-34(37)41-38(45)26-25-35-40(31-19-9-3-10-20-31)42(46-43(35)41)32-21-11-4-12-22-32;1-5-15-28(16-6-1)34-27-35(29-17-7-2-8-18-29)44-42(43-34)45-36-24-14-13-23-32(36)39-37(45)26-25-33-38(30-19-9-3-10-20-30)40(46-41(33)39)31-21-11-4-12-22-31;1-5-15-28(16-6-1)34-27-37(44-42(43-34)31-21-11-4-12-22-31)45-35-24-14-13-23-32(35)39-36(45)26-25-33-38(29-17-7-2-8-18-29)40(46-41(33)39)30-19-9-3-10-20-30/h1-28H;2*1-27H. The van der Waals surface area contributed by atoms with Gasteiger partial charge in [-0.15, -0.1) is 0 Å². The first-order valence-electron chi connectivity index (χ1n) is 46.4. The first-order chi connectivity index (χ1) is 68.5. The van der Waals surface area contributed by atoms with Crippen molar-refractivity contribution in [3.63, 3.8) is 0 Å². The Bertz CT molecular complexity index is 8170. The Hall–Kier alpha value is -18.7. The van der Waals surface area contributed by atoms with Crippen LogP contribution >= 0.6 is 0 Å². The highest BCUT2D eigenvalue weighted by Crippen LogP contribution is 2.51. The highest BCUT2D eigenvalue weighted by Gasteiger charge is 2.30. The SMILES string of the molecule is c1ccc(-c2cc(-c3ccccc3)nc(-n3c4ccccc4c4c5oc(-c6ccccc6)c(-c6ccccc6)c5ccc43)c2)cc1.c1ccc(-c2cc(-c3ccccc3)nc(-n3c4ccccc4c4c5oc(-c6ccccc6)c(-c6ccccc6)c5ccc43)n2)cc1.c1ccc(-c2cc(-n3c4ccccc4c4c5oc(-c6ccccc6)c(-c6ccccc6)c5ccc43)nc(-c3ccccc3)n2)cc1. The van der Waals surface area contributed by atoms with Gasteiger partial charge in [0, 0.05) is 99.6 Å². The van der Waals surface area contributed by atoms with Gasteiger partial charge in [-0.3, -0.25) is 13.7 Å². The Morgan fingerprint density at radius 3 is 0.761 bits per heavy atom. The zero-order valence-electron chi connectivity index (χ0n) is 74.6. The quantitative estimate of drug-likeness (QED) is 0.0996. The second-order valence-corrected chi connectivity index (χ2v) is 34.4. The van der Waals surface area contributed by atoms with Crippen LogP contribution in [-0.4, -0.2) is 38.6 Å². The number of benzene rings is 18. The summed E-state index contributed by atoms with van der Waals surface area (Å²) in [4.78, 5) is 25.9. The minimum Gasteiger partial charge on any atom is -0.455 e. The fourth-order valence-electron chi connectivity index (χ4n) is 19.8. The third-order valence-electron chi connectivity index (χ3n) is 26.1. The number of rotatable bonds is 15. The van der Waals surface area contributed by atoms with Crippen LogP contribution < -0.4 is 0 Å². The minimum atomic E-state index is 0.615. The van der Waals surface area contributed by atoms with Crippen molar-refractivity contribution in [2.24, 2.45) is 0 Å². The summed E-state index contributed by atoms with van der Waals surface area (Å²) in [6, 6.07) is 172. The predicted molar refractivity (Wildman–Crippen MR) is 566 cm³/mol. The summed E-state index contributed by atoms with van der Waals surface area (Å²) in [7, 11) is 0. The molecule has 9 aromatic heterocycles. The van der Waals surface area contributed by atoms with E-state index >= 15 is 0 Å². The summed E-state index contributed by atoms with van der Waals surface area (Å²) in [5.41, 5.74) is 29.6. The maximum Gasteiger partial charge on any atom is 0.235 e. The molecule has 0 amide bonds. The number of hydrogen-bond donors (Lipinski definition) is 0. The lowest BCUT2D eigenvalue weighted by molar-refractivity contribution is 0.635. The zero-order chi connectivity index (χ0) is 91.4. The Balaban J connectivity index is 0.000000110. The van der Waals surface area contributed by atoms with Crippen molar-refractivity contribution in [2.45, 2.75) is 0 Å². The van der Waals surface area contributed by atoms with Crippen LogP contribution in [0.2, 0.25) is 0 Å². The second kappa shape index (κ2) is 35.1. The molecule has 18 aromatic carbocycles. The number of aromatic nitrogens is 8. The summed E-state index contributed by atoms with van der Waals surface area (Å²) < 4.78 is 27.6. The molecule has 0 aliphatic rings. The van der Waals surface area contributed by atoms with Crippen molar-refractivity contribution in [1.82, 2.24) is 38.6 Å². The van der Waals surface area contributed by atoms with Crippen molar-refractivity contribution in [3.05, 3.63) is 497 Å². The van der Waals surface area contributed by atoms with Gasteiger partial charge in [-0.1, -0.05) is 419 Å². The maximum atomic E-state index is 6.96. The molecule has 0 unspecified atom stereocenters. The third kappa shape index (κ3) is 14.6. The van der Waals surface area contributed by atoms with Gasteiger partial charge in [-0.05, 0) is 101 Å². The van der Waals surface area contributed by atoms with Gasteiger partial charge in [0.2, 0.25) is 5.95 Å². The van der Waals surface area contributed by atoms with Crippen molar-refractivity contribution in [3.8, 4) is 152 Å². The number of furan rings is 3. The molecule has 0 N–H and O–H groups in total. The number of para-hydroxylation sites is 3. The smallest absolute Gasteiger partial charge is 0.235 e. The first-order valence-corrected chi connectivity index (χ1v) is 46.4. The summed E-state index contributed by atoms with van der Waals surface area (Å²) in [6.07, 6.45) is 0. The van der Waals surface area contributed by atoms with Crippen molar-refractivity contribution < 1.29 is 13.3 Å². The number of hydrogen-bond acceptors (Lipinski definition) is 8. The molecule has 27 aromatic rings. The number of pyridine rings is 1. The average Bonchev–Trinajstić information content (AvgIpc) is 1.56. The molecule has 9 heterocycles. The van der Waals surface area contributed by atoms with E-state index in [9.17, 15) is 0 Å². The molecule has 0 spiro atoms. The van der Waals surface area contributed by atoms with Crippen LogP contribution in [0.25, 0.3) is 251 Å². The summed E-state index contributed by atoms with van der Waals surface area (Å²) in [6.45, 7) is 0. The van der Waals surface area contributed by atoms with Crippen LogP contribution in [0.4, 0.5) is 0 Å². The molecule has 0 aliphatic carbocycles. The molecule has 0 radical (unpaired) electrons. The van der Waals surface area contributed by atoms with Crippen molar-refractivity contribution >= 4 is 98.3 Å². The highest BCUT2D eigenvalue weighted by molar-refractivity contribution is 6.26. The van der Waals surface area contributed by atoms with Crippen molar-refractivity contribution in [1.29, 1.82) is 0 Å². The largest absolute Gasteiger partial charge is 0.455 e. The van der Waals surface area contributed by atoms with Crippen LogP contribution in [0.5, 0.6) is 0 Å². The van der Waals surface area contributed by atoms with Gasteiger partial charge >= 0.3 is 0 Å². The molecule has 27 rings (SSSR count). The molecule has 138 heavy (non-hydrogen) atoms. The predicted octanol–water partition coefficient (Wildman–Crippen LogP) is 33.6. The normalized spacial score (nSPS) is 11.5. The molecule has 648 valence electrons. The van der Waals surface area contributed by atoms with Crippen molar-refractivity contribution in [2.75, 3.05) is 0 Å². The monoisotopic (exact) mass is 1770 g/mol. The van der Waals surface area contributed by atoms with E-state index in [1.165, 1.54) is 0 Å². The molecular weight excluding hydrogens is 1690 g/mol. The van der Waals surface area contributed by atoms with Crippen LogP contribution in [0, 0.1) is 0 Å². The lowest BCUT2D eigenvalue weighted by atomic mass is 9.98. The fourth-order valence-corrected chi connectivity index (χ4v) is 19.8. The summed E-state index contributed by atoms with van der Waals surface area (Å²) >= 11 is 0. The number of nitrogens with zero attached hydrogens (tertiary/aromatic N) is 8. The average molecular weight is 1770 g/mol. The first kappa shape index (κ1) is 81.3. The van der Waals surface area contributed by atoms with E-state index in [0.717, 1.165) is 239 Å². The summed E-state index contributed by atoms with van der Waals surface area (Å²) in [5.74, 6) is 5.57. The van der Waals surface area contributed by atoms with E-state index in [1.807, 2.05) is 103 Å². The summed E-state index contributed by atoms with van der Waals surface area (Å²) in [5, 5.41) is 9.77. The van der Waals surface area contributed by atoms with Gasteiger partial charge in [0.05, 0.1) is 72.0 Å². The molecule has 0 saturated carbocycles. The molecule has 0 atom stereocenters. The lowest BCUT2D eigenvalue weighted by Gasteiger charge is -2.13. The van der Waals surface area contributed by atoms with E-state index in [4.69, 9.17) is 38.2 Å². The van der Waals surface area contributed by atoms with Gasteiger partial charge in [-0.2, -0.15) is 0 Å². The van der Waals surface area contributed by atoms with Crippen LogP contribution in [0.15, 0.2) is 511 Å². The Morgan fingerprint density at radius 2 is 0.420 bits per heavy atom. The fraction of sp³-hybridized carbons (Fsp3) is 0. The molecular formula is C127H82N8O3. The second-order valence-electron chi connectivity index (χ2n) is 34.4. The van der Waals surface area contributed by atoms with Gasteiger partial charge in [-0.25, -0.2) is 24.9 Å². The van der Waals surface area contributed by atoms with E-state index in [-0.39, 0.29) is 0 Å². The van der Waals surface area contributed by atoms with Gasteiger partial charge in [0.25, 0.3) is 0 Å². The van der Waals surface area contributed by atoms with Crippen LogP contribution in [0.1, 0.15) is 0 Å². The molecule has 0 saturated heterocycles. The van der Waals surface area contributed by atoms with Gasteiger partial charge in [0.1, 0.15) is 45.7 Å². The molecule has 11 heteroatoms. The third-order valence-corrected chi connectivity index (χ3v) is 26.1. The molecule has 0 fully saturated rings. The zero-order valence-corrected chi connectivity index (χ0v) is 74.6. The highest BCUT2D eigenvalue weighted by atomic mass is 16.3. The molecule has 0 aliphatic heterocycles. The Morgan fingerprint density at radius 1 is 0.159 bits per heavy atom. The van der Waals surface area contributed by atoms with Crippen LogP contribution in [0.3, 0.4) is 0 Å². The Labute approximate surface area is 794 Å². The van der Waals surface area contributed by atoms with E-state index in [1.54, 1.807) is 0 Å². The minimum absolute atomic E-state index is 0.615. The van der Waals surface area contributed by atoms with E-state index in [0.29, 0.717) is 11.8 Å². The number of fused-ring (bicyclic) bond motifs is 15. The van der Waals surface area contributed by atoms with E-state index in [2.05, 4.69) is 408 Å². The van der Waals surface area contributed by atoms with Gasteiger partial charge < -0.3 is 13.3 Å². The molecule has 0 bridgehead atoms.